The van der Waals surface area contributed by atoms with E-state index in [2.05, 4.69) is 39.9 Å². The van der Waals surface area contributed by atoms with Crippen molar-refractivity contribution in [2.24, 2.45) is 5.92 Å². The molecule has 0 heterocycles. The molecule has 3 heteroatoms. The van der Waals surface area contributed by atoms with E-state index in [1.165, 1.54) is 0 Å². The summed E-state index contributed by atoms with van der Waals surface area (Å²) in [7, 11) is 1.76. The number of rotatable bonds is 9. The van der Waals surface area contributed by atoms with Crippen LogP contribution in [0.1, 0.15) is 41.0 Å². The second-order valence-electron chi connectivity index (χ2n) is 5.49. The fourth-order valence-electron chi connectivity index (χ4n) is 1.59. The van der Waals surface area contributed by atoms with E-state index in [9.17, 15) is 0 Å². The van der Waals surface area contributed by atoms with E-state index < -0.39 is 0 Å². The third kappa shape index (κ3) is 9.13. The van der Waals surface area contributed by atoms with Gasteiger partial charge in [-0.3, -0.25) is 0 Å². The van der Waals surface area contributed by atoms with Crippen molar-refractivity contribution >= 4 is 0 Å². The molecule has 1 unspecified atom stereocenters. The largest absolute Gasteiger partial charge is 0.380 e. The van der Waals surface area contributed by atoms with Gasteiger partial charge in [-0.25, -0.2) is 0 Å². The minimum Gasteiger partial charge on any atom is -0.380 e. The lowest BCUT2D eigenvalue weighted by Gasteiger charge is -2.27. The maximum absolute atomic E-state index is 5.51. The summed E-state index contributed by atoms with van der Waals surface area (Å²) in [6, 6.07) is 0.456. The van der Waals surface area contributed by atoms with Gasteiger partial charge in [0.2, 0.25) is 0 Å². The Morgan fingerprint density at radius 1 is 1.19 bits per heavy atom. The fraction of sp³-hybridized carbons (Fsp3) is 1.00. The summed E-state index contributed by atoms with van der Waals surface area (Å²) < 4.78 is 10.9. The van der Waals surface area contributed by atoms with Gasteiger partial charge in [0.25, 0.3) is 0 Å². The highest BCUT2D eigenvalue weighted by molar-refractivity contribution is 4.75. The molecule has 16 heavy (non-hydrogen) atoms. The fourth-order valence-corrected chi connectivity index (χ4v) is 1.59. The molecule has 0 saturated carbocycles. The first-order chi connectivity index (χ1) is 7.37. The predicted octanol–water partition coefficient (Wildman–Crippen LogP) is 2.45. The van der Waals surface area contributed by atoms with Crippen LogP contribution in [0.25, 0.3) is 0 Å². The molecular formula is C13H29NO2. The van der Waals surface area contributed by atoms with Crippen molar-refractivity contribution in [2.75, 3.05) is 26.9 Å². The molecule has 3 nitrogen and oxygen atoms in total. The van der Waals surface area contributed by atoms with Gasteiger partial charge < -0.3 is 14.8 Å². The zero-order valence-corrected chi connectivity index (χ0v) is 11.8. The Kier molecular flexibility index (Phi) is 7.98. The monoisotopic (exact) mass is 231 g/mol. The zero-order valence-electron chi connectivity index (χ0n) is 11.8. The summed E-state index contributed by atoms with van der Waals surface area (Å²) >= 11 is 0. The first-order valence-corrected chi connectivity index (χ1v) is 6.23. The van der Waals surface area contributed by atoms with Crippen LogP contribution in [0, 0.1) is 5.92 Å². The molecule has 0 radical (unpaired) electrons. The van der Waals surface area contributed by atoms with Crippen molar-refractivity contribution in [1.82, 2.24) is 5.32 Å². The highest BCUT2D eigenvalue weighted by Gasteiger charge is 2.19. The maximum atomic E-state index is 5.51. The quantitative estimate of drug-likeness (QED) is 0.618. The summed E-state index contributed by atoms with van der Waals surface area (Å²) in [6.45, 7) is 13.3. The summed E-state index contributed by atoms with van der Waals surface area (Å²) in [6.07, 6.45) is 1.01. The minimum atomic E-state index is -0.0504. The maximum Gasteiger partial charge on any atom is 0.0637 e. The first-order valence-electron chi connectivity index (χ1n) is 6.23. The summed E-state index contributed by atoms with van der Waals surface area (Å²) in [5, 5.41) is 3.44. The number of methoxy groups -OCH3 is 1. The van der Waals surface area contributed by atoms with E-state index in [1.807, 2.05) is 0 Å². The number of hydrogen-bond acceptors (Lipinski definition) is 3. The molecule has 0 spiro atoms. The Labute approximate surface area is 101 Å². The van der Waals surface area contributed by atoms with Gasteiger partial charge >= 0.3 is 0 Å². The molecule has 0 rings (SSSR count). The van der Waals surface area contributed by atoms with Crippen molar-refractivity contribution in [3.05, 3.63) is 0 Å². The molecule has 1 atom stereocenters. The smallest absolute Gasteiger partial charge is 0.0637 e. The van der Waals surface area contributed by atoms with Gasteiger partial charge in [0.15, 0.2) is 0 Å². The van der Waals surface area contributed by atoms with E-state index in [4.69, 9.17) is 9.47 Å². The van der Waals surface area contributed by atoms with Crippen molar-refractivity contribution < 1.29 is 9.47 Å². The molecule has 0 aromatic rings. The molecule has 0 saturated heterocycles. The molecule has 1 N–H and O–H groups in total. The van der Waals surface area contributed by atoms with Gasteiger partial charge in [0.05, 0.1) is 12.2 Å². The number of nitrogens with one attached hydrogen (secondary N) is 1. The molecule has 0 bridgehead atoms. The van der Waals surface area contributed by atoms with Gasteiger partial charge in [-0.05, 0) is 33.1 Å². The Balaban J connectivity index is 3.47. The average Bonchev–Trinajstić information content (AvgIpc) is 2.16. The Bertz CT molecular complexity index is 169. The van der Waals surface area contributed by atoms with E-state index in [0.29, 0.717) is 12.0 Å². The lowest BCUT2D eigenvalue weighted by Crippen LogP contribution is -2.37. The van der Waals surface area contributed by atoms with Crippen LogP contribution in [0.3, 0.4) is 0 Å². The molecule has 0 fully saturated rings. The van der Waals surface area contributed by atoms with Crippen LogP contribution in [-0.4, -0.2) is 38.5 Å². The Morgan fingerprint density at radius 3 is 2.31 bits per heavy atom. The SMILES string of the molecule is COC(C)(C)CC(C)NCCOCC(C)C. The topological polar surface area (TPSA) is 30.5 Å². The average molecular weight is 231 g/mol. The van der Waals surface area contributed by atoms with Crippen LogP contribution in [-0.2, 0) is 9.47 Å². The summed E-state index contributed by atoms with van der Waals surface area (Å²) in [4.78, 5) is 0. The van der Waals surface area contributed by atoms with Gasteiger partial charge in [-0.15, -0.1) is 0 Å². The lowest BCUT2D eigenvalue weighted by atomic mass is 10.00. The second-order valence-corrected chi connectivity index (χ2v) is 5.49. The summed E-state index contributed by atoms with van der Waals surface area (Å²) in [5.41, 5.74) is -0.0504. The highest BCUT2D eigenvalue weighted by atomic mass is 16.5. The van der Waals surface area contributed by atoms with Crippen LogP contribution in [0.2, 0.25) is 0 Å². The van der Waals surface area contributed by atoms with Gasteiger partial charge in [-0.2, -0.15) is 0 Å². The molecular weight excluding hydrogens is 202 g/mol. The molecule has 0 aliphatic rings. The third-order valence-electron chi connectivity index (χ3n) is 2.54. The van der Waals surface area contributed by atoms with E-state index >= 15 is 0 Å². The number of ether oxygens (including phenoxy) is 2. The van der Waals surface area contributed by atoms with Crippen LogP contribution in [0.15, 0.2) is 0 Å². The van der Waals surface area contributed by atoms with Crippen molar-refractivity contribution in [1.29, 1.82) is 0 Å². The highest BCUT2D eigenvalue weighted by Crippen LogP contribution is 2.14. The van der Waals surface area contributed by atoms with Gasteiger partial charge in [0.1, 0.15) is 0 Å². The standard InChI is InChI=1S/C13H29NO2/c1-11(2)10-16-8-7-14-12(3)9-13(4,5)15-6/h11-12,14H,7-10H2,1-6H3. The molecule has 0 aromatic heterocycles. The van der Waals surface area contributed by atoms with Crippen LogP contribution >= 0.6 is 0 Å². The van der Waals surface area contributed by atoms with Crippen molar-refractivity contribution in [2.45, 2.75) is 52.7 Å². The first kappa shape index (κ1) is 15.9. The number of hydrogen-bond donors (Lipinski definition) is 1. The van der Waals surface area contributed by atoms with Crippen molar-refractivity contribution in [3.8, 4) is 0 Å². The van der Waals surface area contributed by atoms with E-state index in [-0.39, 0.29) is 5.60 Å². The molecule has 0 aliphatic carbocycles. The van der Waals surface area contributed by atoms with Crippen LogP contribution < -0.4 is 5.32 Å². The molecule has 98 valence electrons. The molecule has 0 aromatic carbocycles. The van der Waals surface area contributed by atoms with E-state index in [0.717, 1.165) is 26.2 Å². The second kappa shape index (κ2) is 8.04. The van der Waals surface area contributed by atoms with Crippen molar-refractivity contribution in [3.63, 3.8) is 0 Å². The van der Waals surface area contributed by atoms with Gasteiger partial charge in [0, 0.05) is 26.3 Å². The van der Waals surface area contributed by atoms with Gasteiger partial charge in [-0.1, -0.05) is 13.8 Å². The third-order valence-corrected chi connectivity index (χ3v) is 2.54. The summed E-state index contributed by atoms with van der Waals surface area (Å²) in [5.74, 6) is 0.616. The molecule has 0 amide bonds. The lowest BCUT2D eigenvalue weighted by molar-refractivity contribution is 0.00776. The van der Waals surface area contributed by atoms with Crippen LogP contribution in [0.5, 0.6) is 0 Å². The molecule has 0 aliphatic heterocycles. The predicted molar refractivity (Wildman–Crippen MR) is 68.8 cm³/mol. The normalized spacial score (nSPS) is 14.4. The minimum absolute atomic E-state index is 0.0504. The van der Waals surface area contributed by atoms with Crippen LogP contribution in [0.4, 0.5) is 0 Å². The zero-order chi connectivity index (χ0) is 12.6. The Hall–Kier alpha value is -0.120. The van der Waals surface area contributed by atoms with E-state index in [1.54, 1.807) is 7.11 Å². The Morgan fingerprint density at radius 2 is 1.81 bits per heavy atom.